The molecule has 0 spiro atoms. The van der Waals surface area contributed by atoms with Crippen LogP contribution in [0.15, 0.2) is 24.4 Å². The van der Waals surface area contributed by atoms with Gasteiger partial charge >= 0.3 is 0 Å². The number of aryl methyl sites for hydroxylation is 1. The predicted octanol–water partition coefficient (Wildman–Crippen LogP) is 4.54. The van der Waals surface area contributed by atoms with E-state index in [1.807, 2.05) is 31.0 Å². The summed E-state index contributed by atoms with van der Waals surface area (Å²) in [6, 6.07) is 5.50. The number of nitrogens with one attached hydrogen (secondary N) is 2. The van der Waals surface area contributed by atoms with Crippen molar-refractivity contribution >= 4 is 39.3 Å². The average Bonchev–Trinajstić information content (AvgIpc) is 2.90. The minimum absolute atomic E-state index is 0.0522. The maximum Gasteiger partial charge on any atom is 0.254 e. The largest absolute Gasteiger partial charge is 0.495 e. The molecule has 1 saturated heterocycles. The van der Waals surface area contributed by atoms with Crippen molar-refractivity contribution in [3.8, 4) is 5.75 Å². The van der Waals surface area contributed by atoms with Crippen LogP contribution in [0.5, 0.6) is 5.75 Å². The van der Waals surface area contributed by atoms with Gasteiger partial charge in [0, 0.05) is 62.4 Å². The molecule has 4 rings (SSSR count). The van der Waals surface area contributed by atoms with E-state index < -0.39 is 0 Å². The van der Waals surface area contributed by atoms with Crippen LogP contribution in [0.4, 0.5) is 17.5 Å². The van der Waals surface area contributed by atoms with Gasteiger partial charge in [0.05, 0.1) is 12.8 Å². The molecule has 1 aliphatic heterocycles. The molecule has 1 aliphatic carbocycles. The molecule has 0 unspecified atom stereocenters. The second-order valence-corrected chi connectivity index (χ2v) is 10.3. The third-order valence-corrected chi connectivity index (χ3v) is 8.18. The van der Waals surface area contributed by atoms with Crippen LogP contribution in [0.1, 0.15) is 41.6 Å². The second-order valence-electron chi connectivity index (χ2n) is 9.65. The highest BCUT2D eigenvalue weighted by atomic mass is 79.9. The standard InChI is InChI=1S/C26H37BrN6O2/c1-18-16-29-26(31-24(18)28-2)30-22-9-8-21(14-23(22)35-3)25(34)33-12-10-32(11-13-33)17-20-6-4-19(15-27)5-7-20/h8-9,14,16,19-20H,4-7,10-13,15,17H2,1-3H3,(H2,28,29,30,31)/t19-,20+. The van der Waals surface area contributed by atoms with Crippen LogP contribution >= 0.6 is 15.9 Å². The highest BCUT2D eigenvalue weighted by Crippen LogP contribution is 2.31. The molecule has 2 aromatic rings. The Morgan fingerprint density at radius 3 is 2.51 bits per heavy atom. The van der Waals surface area contributed by atoms with Gasteiger partial charge in [-0.1, -0.05) is 15.9 Å². The molecule has 1 amide bonds. The molecular formula is C26H37BrN6O2. The molecule has 35 heavy (non-hydrogen) atoms. The summed E-state index contributed by atoms with van der Waals surface area (Å²) in [5, 5.41) is 7.40. The van der Waals surface area contributed by atoms with Gasteiger partial charge in [-0.15, -0.1) is 0 Å². The summed E-state index contributed by atoms with van der Waals surface area (Å²) in [4.78, 5) is 26.5. The minimum Gasteiger partial charge on any atom is -0.495 e. The Kier molecular flexibility index (Phi) is 8.83. The number of halogens is 1. The number of carbonyl (C=O) groups is 1. The van der Waals surface area contributed by atoms with Crippen molar-refractivity contribution in [2.24, 2.45) is 11.8 Å². The number of anilines is 3. The molecule has 9 heteroatoms. The fourth-order valence-electron chi connectivity index (χ4n) is 5.05. The molecule has 2 fully saturated rings. The summed E-state index contributed by atoms with van der Waals surface area (Å²) in [5.74, 6) is 3.53. The van der Waals surface area contributed by atoms with Crippen molar-refractivity contribution < 1.29 is 9.53 Å². The predicted molar refractivity (Wildman–Crippen MR) is 144 cm³/mol. The van der Waals surface area contributed by atoms with E-state index >= 15 is 0 Å². The van der Waals surface area contributed by atoms with E-state index in [-0.39, 0.29) is 5.91 Å². The number of nitrogens with zero attached hydrogens (tertiary/aromatic N) is 4. The van der Waals surface area contributed by atoms with Gasteiger partial charge in [-0.25, -0.2) is 4.98 Å². The molecule has 2 aliphatic rings. The number of alkyl halides is 1. The van der Waals surface area contributed by atoms with Crippen molar-refractivity contribution in [2.45, 2.75) is 32.6 Å². The van der Waals surface area contributed by atoms with E-state index in [4.69, 9.17) is 4.74 Å². The van der Waals surface area contributed by atoms with Gasteiger partial charge in [-0.05, 0) is 62.6 Å². The van der Waals surface area contributed by atoms with Crippen molar-refractivity contribution in [3.05, 3.63) is 35.5 Å². The number of hydrogen-bond acceptors (Lipinski definition) is 7. The first-order chi connectivity index (χ1) is 17.0. The number of benzene rings is 1. The lowest BCUT2D eigenvalue weighted by Crippen LogP contribution is -2.50. The number of rotatable bonds is 8. The van der Waals surface area contributed by atoms with Crippen molar-refractivity contribution in [1.29, 1.82) is 0 Å². The summed E-state index contributed by atoms with van der Waals surface area (Å²) in [7, 11) is 3.43. The number of carbonyl (C=O) groups excluding carboxylic acids is 1. The first kappa shape index (κ1) is 25.7. The molecular weight excluding hydrogens is 508 g/mol. The van der Waals surface area contributed by atoms with Crippen LogP contribution in [0, 0.1) is 18.8 Å². The first-order valence-corrected chi connectivity index (χ1v) is 13.7. The zero-order chi connectivity index (χ0) is 24.8. The molecule has 2 heterocycles. The zero-order valence-corrected chi connectivity index (χ0v) is 22.6. The molecule has 1 aromatic heterocycles. The third kappa shape index (κ3) is 6.44. The summed E-state index contributed by atoms with van der Waals surface area (Å²) in [5.41, 5.74) is 2.32. The van der Waals surface area contributed by atoms with Crippen LogP contribution in [0.25, 0.3) is 0 Å². The van der Waals surface area contributed by atoms with E-state index in [1.165, 1.54) is 32.2 Å². The van der Waals surface area contributed by atoms with E-state index in [1.54, 1.807) is 19.4 Å². The Morgan fingerprint density at radius 2 is 1.86 bits per heavy atom. The number of methoxy groups -OCH3 is 1. The van der Waals surface area contributed by atoms with Crippen LogP contribution in [0.2, 0.25) is 0 Å². The Balaban J connectivity index is 1.33. The number of amides is 1. The monoisotopic (exact) mass is 544 g/mol. The summed E-state index contributed by atoms with van der Waals surface area (Å²) in [6.45, 7) is 6.54. The van der Waals surface area contributed by atoms with Crippen LogP contribution < -0.4 is 15.4 Å². The van der Waals surface area contributed by atoms with Gasteiger partial charge in [-0.3, -0.25) is 9.69 Å². The molecule has 0 atom stereocenters. The zero-order valence-electron chi connectivity index (χ0n) is 21.0. The number of hydrogen-bond donors (Lipinski definition) is 2. The molecule has 0 radical (unpaired) electrons. The summed E-state index contributed by atoms with van der Waals surface area (Å²) < 4.78 is 5.58. The van der Waals surface area contributed by atoms with E-state index in [9.17, 15) is 4.79 Å². The Bertz CT molecular complexity index is 1000. The summed E-state index contributed by atoms with van der Waals surface area (Å²) >= 11 is 3.64. The van der Waals surface area contributed by atoms with Gasteiger partial charge in [0.25, 0.3) is 5.91 Å². The van der Waals surface area contributed by atoms with Gasteiger partial charge in [-0.2, -0.15) is 4.98 Å². The lowest BCUT2D eigenvalue weighted by molar-refractivity contribution is 0.0601. The van der Waals surface area contributed by atoms with E-state index in [2.05, 4.69) is 41.4 Å². The highest BCUT2D eigenvalue weighted by molar-refractivity contribution is 9.09. The fraction of sp³-hybridized carbons (Fsp3) is 0.577. The Labute approximate surface area is 217 Å². The minimum atomic E-state index is 0.0522. The van der Waals surface area contributed by atoms with Crippen LogP contribution in [0.3, 0.4) is 0 Å². The van der Waals surface area contributed by atoms with Crippen molar-refractivity contribution in [3.63, 3.8) is 0 Å². The molecule has 190 valence electrons. The van der Waals surface area contributed by atoms with Gasteiger partial charge < -0.3 is 20.3 Å². The first-order valence-electron chi connectivity index (χ1n) is 12.5. The Hall–Kier alpha value is -2.39. The molecule has 1 saturated carbocycles. The normalized spacial score (nSPS) is 21.0. The quantitative estimate of drug-likeness (QED) is 0.472. The van der Waals surface area contributed by atoms with Gasteiger partial charge in [0.1, 0.15) is 11.6 Å². The van der Waals surface area contributed by atoms with E-state index in [0.29, 0.717) is 17.3 Å². The average molecular weight is 546 g/mol. The lowest BCUT2D eigenvalue weighted by Gasteiger charge is -2.38. The smallest absolute Gasteiger partial charge is 0.254 e. The summed E-state index contributed by atoms with van der Waals surface area (Å²) in [6.07, 6.45) is 7.11. The van der Waals surface area contributed by atoms with Gasteiger partial charge in [0.15, 0.2) is 0 Å². The topological polar surface area (TPSA) is 82.6 Å². The second kappa shape index (κ2) is 12.0. The maximum absolute atomic E-state index is 13.2. The number of aromatic nitrogens is 2. The molecule has 8 nitrogen and oxygen atoms in total. The maximum atomic E-state index is 13.2. The lowest BCUT2D eigenvalue weighted by atomic mass is 9.82. The SMILES string of the molecule is CNc1nc(Nc2ccc(C(=O)N3CCN(C[C@H]4CC[C@@H](CBr)CC4)CC3)cc2OC)ncc1C. The number of piperazine rings is 1. The molecule has 1 aromatic carbocycles. The van der Waals surface area contributed by atoms with Gasteiger partial charge in [0.2, 0.25) is 5.95 Å². The third-order valence-electron chi connectivity index (χ3n) is 7.26. The highest BCUT2D eigenvalue weighted by Gasteiger charge is 2.26. The molecule has 0 bridgehead atoms. The fourth-order valence-corrected chi connectivity index (χ4v) is 5.70. The van der Waals surface area contributed by atoms with Crippen LogP contribution in [-0.2, 0) is 0 Å². The van der Waals surface area contributed by atoms with Crippen molar-refractivity contribution in [2.75, 3.05) is 62.8 Å². The van der Waals surface area contributed by atoms with Crippen LogP contribution in [-0.4, -0.2) is 77.9 Å². The van der Waals surface area contributed by atoms with E-state index in [0.717, 1.165) is 60.4 Å². The Morgan fingerprint density at radius 1 is 1.14 bits per heavy atom. The molecule has 2 N–H and O–H groups in total. The number of ether oxygens (including phenoxy) is 1. The van der Waals surface area contributed by atoms with Crippen molar-refractivity contribution in [1.82, 2.24) is 19.8 Å².